The summed E-state index contributed by atoms with van der Waals surface area (Å²) in [6.45, 7) is 5.23. The fraction of sp³-hybridized carbons (Fsp3) is 0.444. The van der Waals surface area contributed by atoms with Gasteiger partial charge in [-0.1, -0.05) is 0 Å². The molecule has 0 radical (unpaired) electrons. The van der Waals surface area contributed by atoms with Gasteiger partial charge in [-0.2, -0.15) is 13.2 Å². The van der Waals surface area contributed by atoms with Gasteiger partial charge in [0.25, 0.3) is 5.91 Å². The summed E-state index contributed by atoms with van der Waals surface area (Å²) >= 11 is 1.47. The maximum atomic E-state index is 13.4. The van der Waals surface area contributed by atoms with E-state index in [0.29, 0.717) is 53.8 Å². The Labute approximate surface area is 237 Å². The van der Waals surface area contributed by atoms with Crippen LogP contribution in [0, 0.1) is 18.8 Å². The van der Waals surface area contributed by atoms with Crippen LogP contribution in [0.5, 0.6) is 5.75 Å². The van der Waals surface area contributed by atoms with Gasteiger partial charge in [0.1, 0.15) is 16.9 Å². The number of piperidine rings is 1. The molecule has 2 saturated heterocycles. The minimum Gasteiger partial charge on any atom is -0.489 e. The van der Waals surface area contributed by atoms with Crippen LogP contribution in [0.3, 0.4) is 0 Å². The van der Waals surface area contributed by atoms with Gasteiger partial charge >= 0.3 is 12.3 Å². The van der Waals surface area contributed by atoms with Gasteiger partial charge in [0.2, 0.25) is 5.82 Å². The molecule has 41 heavy (non-hydrogen) atoms. The Balaban J connectivity index is 1.39. The van der Waals surface area contributed by atoms with E-state index in [1.807, 2.05) is 13.0 Å². The first-order valence-corrected chi connectivity index (χ1v) is 13.7. The van der Waals surface area contributed by atoms with Crippen molar-refractivity contribution in [2.75, 3.05) is 33.4 Å². The number of halogens is 3. The number of amides is 2. The Morgan fingerprint density at radius 2 is 1.78 bits per heavy atom. The lowest BCUT2D eigenvalue weighted by molar-refractivity contribution is -0.145. The van der Waals surface area contributed by atoms with Crippen LogP contribution in [-0.2, 0) is 15.7 Å². The van der Waals surface area contributed by atoms with Crippen molar-refractivity contribution in [2.24, 2.45) is 11.8 Å². The maximum absolute atomic E-state index is 13.4. The van der Waals surface area contributed by atoms with Crippen LogP contribution in [0.25, 0.3) is 10.6 Å². The summed E-state index contributed by atoms with van der Waals surface area (Å²) in [6.07, 6.45) is -1.47. The molecule has 2 aliphatic heterocycles. The molecule has 3 atom stereocenters. The van der Waals surface area contributed by atoms with Crippen LogP contribution < -0.4 is 10.1 Å². The number of methoxy groups -OCH3 is 1. The van der Waals surface area contributed by atoms with Gasteiger partial charge in [0.15, 0.2) is 0 Å². The number of aromatic nitrogens is 3. The van der Waals surface area contributed by atoms with Gasteiger partial charge in [-0.15, -0.1) is 11.3 Å². The molecule has 2 aliphatic rings. The van der Waals surface area contributed by atoms with Crippen molar-refractivity contribution in [2.45, 2.75) is 32.2 Å². The van der Waals surface area contributed by atoms with Crippen molar-refractivity contribution >= 4 is 23.3 Å². The van der Waals surface area contributed by atoms with Crippen LogP contribution in [0.2, 0.25) is 0 Å². The second-order valence-corrected chi connectivity index (χ2v) is 11.3. The molecule has 3 aromatic rings. The van der Waals surface area contributed by atoms with Crippen molar-refractivity contribution in [3.8, 4) is 16.3 Å². The van der Waals surface area contributed by atoms with Gasteiger partial charge in [-0.25, -0.2) is 19.7 Å². The van der Waals surface area contributed by atoms with Gasteiger partial charge < -0.3 is 24.4 Å². The lowest BCUT2D eigenvalue weighted by Crippen LogP contribution is -2.58. The normalized spacial score (nSPS) is 21.2. The highest BCUT2D eigenvalue weighted by Crippen LogP contribution is 2.35. The lowest BCUT2D eigenvalue weighted by Gasteiger charge is -2.46. The SMILES string of the molecule is COC(=O)N1CC2COCC(C1)C2Oc1cc(C(=O)NC(C)c2cnc(C(F)(F)F)nc2)cc(-c2ncc(C)s2)c1. The molecule has 14 heteroatoms. The van der Waals surface area contributed by atoms with E-state index >= 15 is 0 Å². The summed E-state index contributed by atoms with van der Waals surface area (Å²) in [5, 5.41) is 3.50. The number of nitrogens with one attached hydrogen (secondary N) is 1. The van der Waals surface area contributed by atoms with Crippen molar-refractivity contribution < 1.29 is 37.0 Å². The van der Waals surface area contributed by atoms with Crippen LogP contribution in [0.15, 0.2) is 36.8 Å². The van der Waals surface area contributed by atoms with Gasteiger partial charge in [-0.3, -0.25) is 4.79 Å². The lowest BCUT2D eigenvalue weighted by atomic mass is 9.84. The Bertz CT molecular complexity index is 1400. The number of alkyl halides is 3. The maximum Gasteiger partial charge on any atom is 0.451 e. The fourth-order valence-corrected chi connectivity index (χ4v) is 5.76. The van der Waals surface area contributed by atoms with Crippen LogP contribution >= 0.6 is 11.3 Å². The third-order valence-electron chi connectivity index (χ3n) is 7.02. The third-order valence-corrected chi connectivity index (χ3v) is 7.98. The summed E-state index contributed by atoms with van der Waals surface area (Å²) < 4.78 is 55.6. The van der Waals surface area contributed by atoms with Crippen molar-refractivity contribution in [3.63, 3.8) is 0 Å². The molecule has 218 valence electrons. The summed E-state index contributed by atoms with van der Waals surface area (Å²) in [5.74, 6) is -1.44. The smallest absolute Gasteiger partial charge is 0.451 e. The average Bonchev–Trinajstić information content (AvgIpc) is 3.38. The largest absolute Gasteiger partial charge is 0.489 e. The third kappa shape index (κ3) is 6.43. The van der Waals surface area contributed by atoms with Crippen LogP contribution in [0.4, 0.5) is 18.0 Å². The fourth-order valence-electron chi connectivity index (χ4n) is 5.01. The highest BCUT2D eigenvalue weighted by atomic mass is 32.1. The number of likely N-dealkylation sites (tertiary alicyclic amines) is 1. The van der Waals surface area contributed by atoms with E-state index in [4.69, 9.17) is 14.2 Å². The van der Waals surface area contributed by atoms with Gasteiger partial charge in [-0.05, 0) is 32.0 Å². The van der Waals surface area contributed by atoms with E-state index in [0.717, 1.165) is 17.3 Å². The van der Waals surface area contributed by atoms with E-state index < -0.39 is 30.0 Å². The number of hydrogen-bond acceptors (Lipinski definition) is 9. The molecule has 5 rings (SSSR count). The number of carbonyl (C=O) groups excluding carboxylic acids is 2. The number of rotatable bonds is 6. The summed E-state index contributed by atoms with van der Waals surface area (Å²) in [6, 6.07) is 4.48. The molecule has 2 amide bonds. The van der Waals surface area contributed by atoms with E-state index in [9.17, 15) is 22.8 Å². The molecule has 3 unspecified atom stereocenters. The van der Waals surface area contributed by atoms with Crippen LogP contribution in [0.1, 0.15) is 39.6 Å². The van der Waals surface area contributed by atoms with Crippen molar-refractivity contribution in [3.05, 3.63) is 58.6 Å². The number of aryl methyl sites for hydroxylation is 1. The van der Waals surface area contributed by atoms with E-state index in [-0.39, 0.29) is 17.9 Å². The number of fused-ring (bicyclic) bond motifs is 2. The first-order valence-electron chi connectivity index (χ1n) is 12.9. The monoisotopic (exact) mass is 591 g/mol. The van der Waals surface area contributed by atoms with Crippen molar-refractivity contribution in [1.82, 2.24) is 25.2 Å². The second kappa shape index (κ2) is 11.6. The quantitative estimate of drug-likeness (QED) is 0.445. The molecule has 4 heterocycles. The Morgan fingerprint density at radius 1 is 1.10 bits per heavy atom. The molecule has 0 aliphatic carbocycles. The first-order chi connectivity index (χ1) is 19.5. The summed E-state index contributed by atoms with van der Waals surface area (Å²) in [7, 11) is 1.35. The zero-order chi connectivity index (χ0) is 29.3. The Kier molecular flexibility index (Phi) is 8.13. The molecular formula is C27H28F3N5O5S. The predicted molar refractivity (Wildman–Crippen MR) is 141 cm³/mol. The topological polar surface area (TPSA) is 116 Å². The first kappa shape index (κ1) is 28.7. The standard InChI is InChI=1S/C27H28F3N5O5S/c1-14-7-31-24(41-14)17-4-16(23(36)34-15(2)18-8-32-25(33-9-18)27(28,29)30)5-21(6-17)40-22-19-10-35(26(37)38-3)11-20(22)13-39-12-19/h4-9,15,19-20,22H,10-13H2,1-3H3,(H,34,36). The minimum atomic E-state index is -4.66. The predicted octanol–water partition coefficient (Wildman–Crippen LogP) is 4.51. The molecular weight excluding hydrogens is 563 g/mol. The number of carbonyl (C=O) groups is 2. The number of nitrogens with zero attached hydrogens (tertiary/aromatic N) is 4. The van der Waals surface area contributed by atoms with Gasteiger partial charge in [0.05, 0.1) is 26.4 Å². The Morgan fingerprint density at radius 3 is 2.37 bits per heavy atom. The minimum absolute atomic E-state index is 0.0932. The summed E-state index contributed by atoms with van der Waals surface area (Å²) in [5.41, 5.74) is 1.29. The molecule has 2 bridgehead atoms. The summed E-state index contributed by atoms with van der Waals surface area (Å²) in [4.78, 5) is 39.4. The molecule has 10 nitrogen and oxygen atoms in total. The zero-order valence-electron chi connectivity index (χ0n) is 22.5. The highest BCUT2D eigenvalue weighted by Gasteiger charge is 2.44. The number of ether oxygens (including phenoxy) is 3. The molecule has 2 fully saturated rings. The molecule has 2 aromatic heterocycles. The average molecular weight is 592 g/mol. The molecule has 0 saturated carbocycles. The molecule has 1 aromatic carbocycles. The number of thiazole rings is 1. The molecule has 0 spiro atoms. The van der Waals surface area contributed by atoms with Crippen LogP contribution in [-0.4, -0.2) is 71.4 Å². The van der Waals surface area contributed by atoms with E-state index in [1.54, 1.807) is 30.2 Å². The Hall–Kier alpha value is -3.78. The number of hydrogen-bond donors (Lipinski definition) is 1. The van der Waals surface area contributed by atoms with Gasteiger partial charge in [0, 0.05) is 65.1 Å². The zero-order valence-corrected chi connectivity index (χ0v) is 23.3. The van der Waals surface area contributed by atoms with E-state index in [1.165, 1.54) is 18.4 Å². The van der Waals surface area contributed by atoms with E-state index in [2.05, 4.69) is 20.3 Å². The van der Waals surface area contributed by atoms with Crippen molar-refractivity contribution in [1.29, 1.82) is 0 Å². The highest BCUT2D eigenvalue weighted by molar-refractivity contribution is 7.14. The molecule has 1 N–H and O–H groups in total. The second-order valence-electron chi connectivity index (χ2n) is 10.1. The number of benzene rings is 1.